The summed E-state index contributed by atoms with van der Waals surface area (Å²) in [7, 11) is -8.70. The lowest BCUT2D eigenvalue weighted by Gasteiger charge is -2.23. The number of likely N-dealkylation sites (tertiary alicyclic amines) is 3. The molecule has 0 bridgehead atoms. The number of aliphatic hydroxyl groups excluding tert-OH is 1. The van der Waals surface area contributed by atoms with Crippen molar-refractivity contribution in [2.24, 2.45) is 5.92 Å². The van der Waals surface area contributed by atoms with Gasteiger partial charge in [0.25, 0.3) is 35.4 Å². The third-order valence-corrected chi connectivity index (χ3v) is 30.2. The molecule has 12 amide bonds. The lowest BCUT2D eigenvalue weighted by molar-refractivity contribution is -0.144. The third-order valence-electron chi connectivity index (χ3n) is 20.3. The van der Waals surface area contributed by atoms with Gasteiger partial charge in [-0.05, 0) is 38.5 Å². The molecule has 4 N–H and O–H groups in total. The van der Waals surface area contributed by atoms with Gasteiger partial charge < -0.3 is 19.8 Å². The summed E-state index contributed by atoms with van der Waals surface area (Å²) in [6.07, 6.45) is 42.1. The highest BCUT2D eigenvalue weighted by Crippen LogP contribution is 2.55. The minimum absolute atomic E-state index is 0. The maximum atomic E-state index is 13.0. The minimum atomic E-state index is -3.84. The van der Waals surface area contributed by atoms with E-state index in [-0.39, 0.29) is 140 Å². The van der Waals surface area contributed by atoms with Crippen molar-refractivity contribution in [3.05, 3.63) is 36.5 Å². The Morgan fingerprint density at radius 3 is 0.789 bits per heavy atom. The van der Waals surface area contributed by atoms with Gasteiger partial charge in [-0.2, -0.15) is 0 Å². The van der Waals surface area contributed by atoms with E-state index < -0.39 is 91.9 Å². The molecular formula is C74H123N6O22P3S4. The van der Waals surface area contributed by atoms with Gasteiger partial charge in [-0.1, -0.05) is 224 Å². The molecule has 35 heteroatoms. The first-order chi connectivity index (χ1) is 50.8. The summed E-state index contributed by atoms with van der Waals surface area (Å²) < 4.78 is 54.5. The molecule has 3 saturated heterocycles. The van der Waals surface area contributed by atoms with Crippen LogP contribution < -0.4 is 0 Å². The molecule has 620 valence electrons. The maximum Gasteiger partial charge on any atom is 0.331 e. The smallest absolute Gasteiger partial charge is 0.331 e. The Labute approximate surface area is 662 Å². The second-order valence-corrected chi connectivity index (χ2v) is 39.0. The van der Waals surface area contributed by atoms with E-state index >= 15 is 0 Å². The SMILES string of the molecule is C.C.C.CC1CC(=O)N(CCN2C(=O)CC(SCOP(=O)(O)C3CCCCCCCCCCC3)C2=O)C1=O.O=C1C=CC(=O)N1CCN1C(=O)C=CC1=O.O=C1C=CC(=O)N1CCN1C(=O)CC(SCOP(=O)(O)C2CCCCCCCCCCC2)C1=O.O=P(O)(OCSSCO)C1CCCCCCCCCCC1. The van der Waals surface area contributed by atoms with Crippen LogP contribution in [0.4, 0.5) is 0 Å². The summed E-state index contributed by atoms with van der Waals surface area (Å²) in [5.74, 6) is -5.26. The maximum absolute atomic E-state index is 13.0. The van der Waals surface area contributed by atoms with Crippen LogP contribution in [0, 0.1) is 5.92 Å². The van der Waals surface area contributed by atoms with Gasteiger partial charge in [0, 0.05) is 101 Å². The summed E-state index contributed by atoms with van der Waals surface area (Å²) in [4.78, 5) is 180. The number of hydrogen-bond acceptors (Lipinski definition) is 23. The molecule has 109 heavy (non-hydrogen) atoms. The zero-order valence-corrected chi connectivity index (χ0v) is 67.2. The topological polar surface area (TPSA) is 384 Å². The quantitative estimate of drug-likeness (QED) is 0.0217. The molecule has 9 rings (SSSR count). The van der Waals surface area contributed by atoms with E-state index in [1.807, 2.05) is 0 Å². The Morgan fingerprint density at radius 1 is 0.330 bits per heavy atom. The Bertz CT molecular complexity index is 3110. The van der Waals surface area contributed by atoms with Gasteiger partial charge in [0.2, 0.25) is 35.4 Å². The first kappa shape index (κ1) is 99.1. The lowest BCUT2D eigenvalue weighted by Crippen LogP contribution is -2.41. The van der Waals surface area contributed by atoms with Gasteiger partial charge in [0.05, 0.1) is 33.4 Å². The molecule has 6 heterocycles. The van der Waals surface area contributed by atoms with Crippen LogP contribution in [0.2, 0.25) is 0 Å². The van der Waals surface area contributed by atoms with Crippen LogP contribution in [0.5, 0.6) is 0 Å². The standard InChI is InChI=1S/C24H39N2O7PS.C23H35N2O7PS.C14H29O4PS2.C10H8N2O4.3CH4/c1-18-15-21(27)25(23(18)29)13-14-26-22(28)16-20(24(26)30)35-17-33-34(31,32)19-11-9-7-5-3-2-4-6-8-10-12-19;26-20-12-13-21(27)24(20)14-15-25-22(28)16-19(23(25)29)34-17-32-33(30,31)18-10-8-6-4-2-1-3-5-7-9-11-18;15-12-20-21-13-18-19(16,17)14-10-8-6-4-2-1-3-5-7-9-11-14;13-7-1-2-8(14)11(7)5-6-12-9(15)3-4-10(12)16;;;/h18-20H,2-17H2,1H3,(H,31,32);12-13,18-19H,1-11,14-17H2,(H,30,31);14-15H,1-13H2,(H,16,17);1-4H,5-6H2;3*1H4. The number of thioether (sulfide) groups is 2. The predicted octanol–water partition coefficient (Wildman–Crippen LogP) is 13.6. The van der Waals surface area contributed by atoms with Crippen molar-refractivity contribution in [2.45, 2.75) is 288 Å². The second-order valence-electron chi connectivity index (χ2n) is 28.0. The molecule has 3 aliphatic carbocycles. The number of carbonyl (C=O) groups excluding carboxylic acids is 12. The number of aliphatic hydroxyl groups is 1. The van der Waals surface area contributed by atoms with E-state index in [1.165, 1.54) is 92.2 Å². The van der Waals surface area contributed by atoms with Crippen molar-refractivity contribution in [1.29, 1.82) is 0 Å². The molecule has 0 aromatic carbocycles. The normalized spacial score (nSPS) is 24.1. The molecular weight excluding hydrogens is 1550 g/mol. The fourth-order valence-corrected chi connectivity index (χ4v) is 22.4. The molecule has 3 saturated carbocycles. The van der Waals surface area contributed by atoms with Crippen molar-refractivity contribution in [2.75, 3.05) is 63.0 Å². The van der Waals surface area contributed by atoms with Crippen LogP contribution in [-0.2, 0) is 84.8 Å². The highest BCUT2D eigenvalue weighted by atomic mass is 33.1. The van der Waals surface area contributed by atoms with Crippen LogP contribution in [0.25, 0.3) is 0 Å². The Kier molecular flexibility index (Phi) is 47.6. The van der Waals surface area contributed by atoms with Crippen LogP contribution in [0.1, 0.15) is 260 Å². The predicted molar refractivity (Wildman–Crippen MR) is 427 cm³/mol. The Balaban J connectivity index is 0.000000389. The first-order valence-electron chi connectivity index (χ1n) is 37.9. The molecule has 6 aliphatic heterocycles. The highest BCUT2D eigenvalue weighted by molar-refractivity contribution is 8.76. The molecule has 28 nitrogen and oxygen atoms in total. The van der Waals surface area contributed by atoms with Gasteiger partial charge in [0.15, 0.2) is 0 Å². The Morgan fingerprint density at radius 2 is 0.550 bits per heavy atom. The molecule has 6 fully saturated rings. The third kappa shape index (κ3) is 33.7. The van der Waals surface area contributed by atoms with E-state index in [1.54, 1.807) is 6.92 Å². The molecule has 6 unspecified atom stereocenters. The monoisotopic (exact) mass is 1670 g/mol. The van der Waals surface area contributed by atoms with Crippen LogP contribution in [-0.4, -0.2) is 211 Å². The van der Waals surface area contributed by atoms with Crippen LogP contribution >= 0.6 is 67.9 Å². The largest absolute Gasteiger partial charge is 0.385 e. The van der Waals surface area contributed by atoms with Crippen molar-refractivity contribution < 1.29 is 105 Å². The number of amides is 12. The summed E-state index contributed by atoms with van der Waals surface area (Å²) in [5.41, 5.74) is -0.997. The van der Waals surface area contributed by atoms with Gasteiger partial charge in [-0.15, -0.1) is 23.5 Å². The fourth-order valence-electron chi connectivity index (χ4n) is 13.9. The van der Waals surface area contributed by atoms with E-state index in [2.05, 4.69) is 0 Å². The Hall–Kier alpha value is -4.13. The number of nitrogens with zero attached hydrogens (tertiary/aromatic N) is 6. The summed E-state index contributed by atoms with van der Waals surface area (Å²) in [6.45, 7) is 1.61. The molecule has 6 atom stereocenters. The summed E-state index contributed by atoms with van der Waals surface area (Å²) >= 11 is 2.11. The van der Waals surface area contributed by atoms with Crippen LogP contribution in [0.15, 0.2) is 36.5 Å². The van der Waals surface area contributed by atoms with Gasteiger partial charge in [-0.3, -0.25) is 114 Å². The lowest BCUT2D eigenvalue weighted by atomic mass is 10.0. The van der Waals surface area contributed by atoms with Crippen molar-refractivity contribution in [3.8, 4) is 0 Å². The van der Waals surface area contributed by atoms with E-state index in [9.17, 15) is 85.9 Å². The fraction of sp³-hybridized carbons (Fsp3) is 0.757. The van der Waals surface area contributed by atoms with E-state index in [4.69, 9.17) is 18.7 Å². The van der Waals surface area contributed by atoms with Crippen molar-refractivity contribution in [1.82, 2.24) is 29.4 Å². The molecule has 0 aromatic heterocycles. The van der Waals surface area contributed by atoms with E-state index in [0.717, 1.165) is 205 Å². The number of carbonyl (C=O) groups is 12. The van der Waals surface area contributed by atoms with Gasteiger partial charge in [-0.25, -0.2) is 0 Å². The summed E-state index contributed by atoms with van der Waals surface area (Å²) in [5, 5.41) is 7.28. The number of hydrogen-bond donors (Lipinski definition) is 4. The molecule has 9 aliphatic rings. The average molecular weight is 1670 g/mol. The minimum Gasteiger partial charge on any atom is -0.385 e. The van der Waals surface area contributed by atoms with Crippen molar-refractivity contribution >= 4 is 139 Å². The number of imide groups is 6. The number of rotatable bonds is 25. The second kappa shape index (κ2) is 52.4. The van der Waals surface area contributed by atoms with E-state index in [0.29, 0.717) is 25.7 Å². The van der Waals surface area contributed by atoms with Crippen LogP contribution in [0.3, 0.4) is 0 Å². The first-order valence-corrected chi connectivity index (χ1v) is 47.4. The van der Waals surface area contributed by atoms with Gasteiger partial charge in [0.1, 0.15) is 17.8 Å². The average Bonchev–Trinajstić information content (AvgIpc) is 1.68. The molecule has 0 spiro atoms. The zero-order chi connectivity index (χ0) is 77.1. The van der Waals surface area contributed by atoms with Crippen molar-refractivity contribution in [3.63, 3.8) is 0 Å². The highest BCUT2D eigenvalue weighted by Gasteiger charge is 2.44. The molecule has 0 radical (unpaired) electrons. The summed E-state index contributed by atoms with van der Waals surface area (Å²) in [6, 6.07) is 0. The zero-order valence-electron chi connectivity index (χ0n) is 61.3. The molecule has 0 aromatic rings. The van der Waals surface area contributed by atoms with Gasteiger partial charge >= 0.3 is 22.8 Å².